The quantitative estimate of drug-likeness (QED) is 0.738. The van der Waals surface area contributed by atoms with Gasteiger partial charge in [0, 0.05) is 12.0 Å². The maximum Gasteiger partial charge on any atom is 0.0683 e. The topological polar surface area (TPSA) is 27.1 Å². The summed E-state index contributed by atoms with van der Waals surface area (Å²) in [5, 5.41) is 5.67. The highest BCUT2D eigenvalue weighted by Crippen LogP contribution is 2.21. The Morgan fingerprint density at radius 1 is 1.21 bits per heavy atom. The third kappa shape index (κ3) is 3.57. The number of benzene rings is 1. The first-order valence-electron chi connectivity index (χ1n) is 7.11. The first-order chi connectivity index (χ1) is 9.08. The summed E-state index contributed by atoms with van der Waals surface area (Å²) in [6, 6.07) is 6.60. The van der Waals surface area contributed by atoms with E-state index in [4.69, 9.17) is 4.74 Å². The van der Waals surface area contributed by atoms with Gasteiger partial charge < -0.3 is 4.74 Å². The fourth-order valence-corrected chi connectivity index (χ4v) is 2.11. The molecule has 104 valence electrons. The van der Waals surface area contributed by atoms with Crippen molar-refractivity contribution in [2.75, 3.05) is 13.2 Å². The normalized spacial score (nSPS) is 11.9. The maximum absolute atomic E-state index is 5.62. The molecular weight excluding hydrogens is 236 g/mol. The van der Waals surface area contributed by atoms with Crippen molar-refractivity contribution in [1.82, 2.24) is 9.78 Å². The van der Waals surface area contributed by atoms with Crippen LogP contribution in [0.5, 0.6) is 0 Å². The second-order valence-corrected chi connectivity index (χ2v) is 5.81. The van der Waals surface area contributed by atoms with E-state index in [0.717, 1.165) is 19.8 Å². The molecular formula is C16H24N2O. The van der Waals surface area contributed by atoms with Crippen LogP contribution in [0, 0.1) is 5.92 Å². The molecule has 3 heteroatoms. The minimum atomic E-state index is 0.558. The zero-order valence-corrected chi connectivity index (χ0v) is 12.4. The molecule has 1 heterocycles. The van der Waals surface area contributed by atoms with E-state index in [2.05, 4.69) is 51.0 Å². The molecule has 0 aliphatic heterocycles. The summed E-state index contributed by atoms with van der Waals surface area (Å²) in [5.41, 5.74) is 2.56. The minimum Gasteiger partial charge on any atom is -0.379 e. The Balaban J connectivity index is 2.04. The van der Waals surface area contributed by atoms with E-state index in [0.29, 0.717) is 11.8 Å². The van der Waals surface area contributed by atoms with Gasteiger partial charge >= 0.3 is 0 Å². The van der Waals surface area contributed by atoms with Crippen molar-refractivity contribution in [1.29, 1.82) is 0 Å². The van der Waals surface area contributed by atoms with Crippen LogP contribution in [-0.2, 0) is 11.3 Å². The third-order valence-corrected chi connectivity index (χ3v) is 3.23. The predicted octanol–water partition coefficient (Wildman–Crippen LogP) is 3.83. The van der Waals surface area contributed by atoms with E-state index < -0.39 is 0 Å². The van der Waals surface area contributed by atoms with Crippen LogP contribution in [0.25, 0.3) is 10.9 Å². The summed E-state index contributed by atoms with van der Waals surface area (Å²) >= 11 is 0. The van der Waals surface area contributed by atoms with Gasteiger partial charge in [0.15, 0.2) is 0 Å². The number of aromatic nitrogens is 2. The zero-order chi connectivity index (χ0) is 13.8. The summed E-state index contributed by atoms with van der Waals surface area (Å²) in [6.45, 7) is 11.1. The van der Waals surface area contributed by atoms with Crippen LogP contribution >= 0.6 is 0 Å². The summed E-state index contributed by atoms with van der Waals surface area (Å²) in [6.07, 6.45) is 1.95. The molecule has 0 amide bonds. The molecule has 0 aliphatic carbocycles. The molecule has 0 saturated heterocycles. The molecule has 0 aliphatic rings. The number of hydrogen-bond acceptors (Lipinski definition) is 2. The highest BCUT2D eigenvalue weighted by atomic mass is 16.5. The Morgan fingerprint density at radius 2 is 2.00 bits per heavy atom. The van der Waals surface area contributed by atoms with Gasteiger partial charge in [-0.05, 0) is 29.5 Å². The first-order valence-corrected chi connectivity index (χ1v) is 7.11. The van der Waals surface area contributed by atoms with Gasteiger partial charge in [-0.1, -0.05) is 33.8 Å². The Kier molecular flexibility index (Phi) is 4.59. The van der Waals surface area contributed by atoms with Gasteiger partial charge in [0.2, 0.25) is 0 Å². The number of hydrogen-bond donors (Lipinski definition) is 0. The lowest BCUT2D eigenvalue weighted by molar-refractivity contribution is 0.102. The lowest BCUT2D eigenvalue weighted by Gasteiger charge is -2.08. The van der Waals surface area contributed by atoms with Crippen LogP contribution < -0.4 is 0 Å². The van der Waals surface area contributed by atoms with Crippen molar-refractivity contribution in [2.24, 2.45) is 5.92 Å². The highest BCUT2D eigenvalue weighted by molar-refractivity contribution is 5.79. The van der Waals surface area contributed by atoms with Gasteiger partial charge in [-0.15, -0.1) is 0 Å². The Hall–Kier alpha value is -1.35. The fraction of sp³-hybridized carbons (Fsp3) is 0.562. The molecule has 0 unspecified atom stereocenters. The van der Waals surface area contributed by atoms with E-state index in [1.54, 1.807) is 0 Å². The van der Waals surface area contributed by atoms with Crippen molar-refractivity contribution < 1.29 is 4.74 Å². The smallest absolute Gasteiger partial charge is 0.0683 e. The summed E-state index contributed by atoms with van der Waals surface area (Å²) in [7, 11) is 0. The van der Waals surface area contributed by atoms with Crippen molar-refractivity contribution in [3.8, 4) is 0 Å². The zero-order valence-electron chi connectivity index (χ0n) is 12.4. The standard InChI is InChI=1S/C16H24N2O/c1-12(2)11-19-8-7-18-16-6-5-14(13(3)4)9-15(16)10-17-18/h5-6,9-10,12-13H,7-8,11H2,1-4H3. The van der Waals surface area contributed by atoms with Gasteiger partial charge in [-0.2, -0.15) is 5.10 Å². The van der Waals surface area contributed by atoms with Gasteiger partial charge in [0.1, 0.15) is 0 Å². The largest absolute Gasteiger partial charge is 0.379 e. The Labute approximate surface area is 115 Å². The maximum atomic E-state index is 5.62. The van der Waals surface area contributed by atoms with Crippen LogP contribution in [0.1, 0.15) is 39.2 Å². The van der Waals surface area contributed by atoms with Crippen LogP contribution in [0.15, 0.2) is 24.4 Å². The molecule has 0 radical (unpaired) electrons. The predicted molar refractivity (Wildman–Crippen MR) is 79.5 cm³/mol. The summed E-state index contributed by atoms with van der Waals surface area (Å²) in [5.74, 6) is 1.14. The van der Waals surface area contributed by atoms with Gasteiger partial charge in [0.05, 0.1) is 24.9 Å². The second kappa shape index (κ2) is 6.20. The molecule has 1 aromatic carbocycles. The average molecular weight is 260 g/mol. The number of ether oxygens (including phenoxy) is 1. The highest BCUT2D eigenvalue weighted by Gasteiger charge is 2.05. The van der Waals surface area contributed by atoms with E-state index >= 15 is 0 Å². The van der Waals surface area contributed by atoms with Crippen LogP contribution in [-0.4, -0.2) is 23.0 Å². The Bertz CT molecular complexity index is 529. The molecule has 0 atom stereocenters. The molecule has 19 heavy (non-hydrogen) atoms. The molecule has 1 aromatic heterocycles. The lowest BCUT2D eigenvalue weighted by Crippen LogP contribution is -2.10. The summed E-state index contributed by atoms with van der Waals surface area (Å²) in [4.78, 5) is 0. The van der Waals surface area contributed by atoms with Gasteiger partial charge in [-0.25, -0.2) is 0 Å². The number of nitrogens with zero attached hydrogens (tertiary/aromatic N) is 2. The average Bonchev–Trinajstić information content (AvgIpc) is 2.76. The fourth-order valence-electron chi connectivity index (χ4n) is 2.11. The van der Waals surface area contributed by atoms with Crippen LogP contribution in [0.3, 0.4) is 0 Å². The molecule has 0 bridgehead atoms. The van der Waals surface area contributed by atoms with Crippen LogP contribution in [0.2, 0.25) is 0 Å². The molecule has 0 N–H and O–H groups in total. The van der Waals surface area contributed by atoms with Gasteiger partial charge in [-0.3, -0.25) is 4.68 Å². The van der Waals surface area contributed by atoms with E-state index in [-0.39, 0.29) is 0 Å². The molecule has 2 aromatic rings. The van der Waals surface area contributed by atoms with Crippen molar-refractivity contribution >= 4 is 10.9 Å². The molecule has 3 nitrogen and oxygen atoms in total. The third-order valence-electron chi connectivity index (χ3n) is 3.23. The van der Waals surface area contributed by atoms with Crippen molar-refractivity contribution in [3.63, 3.8) is 0 Å². The molecule has 0 fully saturated rings. The molecule has 2 rings (SSSR count). The first kappa shape index (κ1) is 14.1. The number of fused-ring (bicyclic) bond motifs is 1. The Morgan fingerprint density at radius 3 is 2.68 bits per heavy atom. The SMILES string of the molecule is CC(C)COCCn1ncc2cc(C(C)C)ccc21. The van der Waals surface area contributed by atoms with E-state index in [9.17, 15) is 0 Å². The lowest BCUT2D eigenvalue weighted by atomic mass is 10.0. The number of rotatable bonds is 6. The van der Waals surface area contributed by atoms with Crippen molar-refractivity contribution in [2.45, 2.75) is 40.2 Å². The summed E-state index contributed by atoms with van der Waals surface area (Å²) < 4.78 is 7.65. The second-order valence-electron chi connectivity index (χ2n) is 5.81. The van der Waals surface area contributed by atoms with Crippen molar-refractivity contribution in [3.05, 3.63) is 30.0 Å². The molecule has 0 saturated carbocycles. The van der Waals surface area contributed by atoms with E-state index in [1.807, 2.05) is 10.9 Å². The minimum absolute atomic E-state index is 0.558. The monoisotopic (exact) mass is 260 g/mol. The van der Waals surface area contributed by atoms with Gasteiger partial charge in [0.25, 0.3) is 0 Å². The molecule has 0 spiro atoms. The van der Waals surface area contributed by atoms with Crippen LogP contribution in [0.4, 0.5) is 0 Å². The van der Waals surface area contributed by atoms with E-state index in [1.165, 1.54) is 16.5 Å².